The molecule has 206 valence electrons. The molecule has 0 spiro atoms. The summed E-state index contributed by atoms with van der Waals surface area (Å²) in [6, 6.07) is 26.2. The fourth-order valence-corrected chi connectivity index (χ4v) is 4.75. The molecule has 4 atom stereocenters. The Hall–Kier alpha value is -3.49. The van der Waals surface area contributed by atoms with Crippen LogP contribution in [-0.2, 0) is 33.9 Å². The average Bonchev–Trinajstić information content (AvgIpc) is 2.97. The third-order valence-corrected chi connectivity index (χ3v) is 6.93. The maximum Gasteiger partial charge on any atom is 0.407 e. The Balaban J connectivity index is 1.49. The SMILES string of the molecule is C=CCOC(=O)NCc1ccc(C2OC(CN(C)Cc3ccccc3)C(C)C(c3ccc(CO)cc3)O2)cc1. The zero-order valence-corrected chi connectivity index (χ0v) is 22.7. The van der Waals surface area contributed by atoms with Crippen molar-refractivity contribution in [2.24, 2.45) is 5.92 Å². The Bertz CT molecular complexity index is 1180. The molecule has 1 fully saturated rings. The number of carbonyl (C=O) groups is 1. The molecule has 0 bridgehead atoms. The molecule has 0 aliphatic carbocycles. The topological polar surface area (TPSA) is 80.3 Å². The van der Waals surface area contributed by atoms with E-state index >= 15 is 0 Å². The van der Waals surface area contributed by atoms with Gasteiger partial charge < -0.3 is 24.6 Å². The number of benzene rings is 3. The van der Waals surface area contributed by atoms with E-state index < -0.39 is 12.4 Å². The van der Waals surface area contributed by atoms with Crippen LogP contribution in [0.3, 0.4) is 0 Å². The number of rotatable bonds is 11. The number of likely N-dealkylation sites (N-methyl/N-ethyl adjacent to an activating group) is 1. The molecule has 7 nitrogen and oxygen atoms in total. The summed E-state index contributed by atoms with van der Waals surface area (Å²) < 4.78 is 18.1. The van der Waals surface area contributed by atoms with E-state index in [0.29, 0.717) is 6.54 Å². The number of aliphatic hydroxyl groups excluding tert-OH is 1. The molecule has 39 heavy (non-hydrogen) atoms. The number of ether oxygens (including phenoxy) is 3. The second kappa shape index (κ2) is 14.1. The van der Waals surface area contributed by atoms with Crippen LogP contribution in [0.2, 0.25) is 0 Å². The largest absolute Gasteiger partial charge is 0.445 e. The van der Waals surface area contributed by atoms with Crippen LogP contribution in [-0.4, -0.2) is 42.4 Å². The lowest BCUT2D eigenvalue weighted by Gasteiger charge is -2.42. The van der Waals surface area contributed by atoms with E-state index in [9.17, 15) is 9.90 Å². The van der Waals surface area contributed by atoms with Gasteiger partial charge in [-0.3, -0.25) is 4.90 Å². The molecule has 0 saturated carbocycles. The van der Waals surface area contributed by atoms with E-state index in [4.69, 9.17) is 14.2 Å². The van der Waals surface area contributed by atoms with Crippen LogP contribution in [0.25, 0.3) is 0 Å². The molecular formula is C32H38N2O5. The van der Waals surface area contributed by atoms with E-state index in [2.05, 4.69) is 55.0 Å². The van der Waals surface area contributed by atoms with Gasteiger partial charge in [-0.25, -0.2) is 4.79 Å². The highest BCUT2D eigenvalue weighted by molar-refractivity contribution is 5.67. The molecule has 3 aromatic carbocycles. The van der Waals surface area contributed by atoms with E-state index in [1.54, 1.807) is 0 Å². The van der Waals surface area contributed by atoms with Crippen molar-refractivity contribution in [2.75, 3.05) is 20.2 Å². The van der Waals surface area contributed by atoms with Crippen molar-refractivity contribution in [3.05, 3.63) is 119 Å². The highest BCUT2D eigenvalue weighted by atomic mass is 16.7. The smallest absolute Gasteiger partial charge is 0.407 e. The van der Waals surface area contributed by atoms with Gasteiger partial charge in [0.1, 0.15) is 6.61 Å². The predicted molar refractivity (Wildman–Crippen MR) is 151 cm³/mol. The highest BCUT2D eigenvalue weighted by Gasteiger charge is 2.38. The first kappa shape index (κ1) is 28.5. The minimum atomic E-state index is -0.543. The molecule has 1 amide bonds. The van der Waals surface area contributed by atoms with E-state index in [0.717, 1.165) is 35.3 Å². The van der Waals surface area contributed by atoms with Crippen LogP contribution in [0.5, 0.6) is 0 Å². The Morgan fingerprint density at radius 3 is 2.31 bits per heavy atom. The summed E-state index contributed by atoms with van der Waals surface area (Å²) in [6.07, 6.45) is 0.261. The van der Waals surface area contributed by atoms with Crippen LogP contribution >= 0.6 is 0 Å². The van der Waals surface area contributed by atoms with E-state index in [1.807, 2.05) is 54.6 Å². The van der Waals surface area contributed by atoms with Crippen molar-refractivity contribution in [1.82, 2.24) is 10.2 Å². The average molecular weight is 531 g/mol. The molecule has 7 heteroatoms. The summed E-state index contributed by atoms with van der Waals surface area (Å²) in [5.41, 5.74) is 5.03. The zero-order valence-electron chi connectivity index (χ0n) is 22.7. The zero-order chi connectivity index (χ0) is 27.6. The van der Waals surface area contributed by atoms with Gasteiger partial charge in [0.05, 0.1) is 18.8 Å². The van der Waals surface area contributed by atoms with Crippen LogP contribution in [0.4, 0.5) is 4.79 Å². The maximum absolute atomic E-state index is 11.7. The minimum absolute atomic E-state index is 0.00713. The van der Waals surface area contributed by atoms with Gasteiger partial charge in [-0.1, -0.05) is 98.4 Å². The van der Waals surface area contributed by atoms with Gasteiger partial charge in [0, 0.05) is 31.1 Å². The van der Waals surface area contributed by atoms with Crippen molar-refractivity contribution in [3.63, 3.8) is 0 Å². The standard InChI is InChI=1S/C32H38N2O5/c1-4-18-37-32(36)33-19-24-10-16-28(17-11-24)31-38-29(21-34(3)20-25-8-6-5-7-9-25)23(2)30(39-31)27-14-12-26(22-35)13-15-27/h4-17,23,29-31,35H,1,18-22H2,2-3H3,(H,33,36). The summed E-state index contributed by atoms with van der Waals surface area (Å²) in [5.74, 6) is 0.101. The molecule has 0 aromatic heterocycles. The number of nitrogens with zero attached hydrogens (tertiary/aromatic N) is 1. The molecule has 1 saturated heterocycles. The Labute approximate surface area is 231 Å². The lowest BCUT2D eigenvalue weighted by Crippen LogP contribution is -2.43. The fourth-order valence-electron chi connectivity index (χ4n) is 4.75. The molecule has 3 aromatic rings. The molecular weight excluding hydrogens is 492 g/mol. The lowest BCUT2D eigenvalue weighted by atomic mass is 9.90. The molecule has 1 heterocycles. The number of carbonyl (C=O) groups excluding carboxylic acids is 1. The normalized spacial score (nSPS) is 20.9. The second-order valence-electron chi connectivity index (χ2n) is 9.99. The summed E-state index contributed by atoms with van der Waals surface area (Å²) in [4.78, 5) is 14.0. The Morgan fingerprint density at radius 2 is 1.64 bits per heavy atom. The quantitative estimate of drug-likeness (QED) is 0.318. The lowest BCUT2D eigenvalue weighted by molar-refractivity contribution is -0.276. The first-order chi connectivity index (χ1) is 19.0. The number of alkyl carbamates (subject to hydrolysis) is 1. The van der Waals surface area contributed by atoms with Crippen LogP contribution < -0.4 is 5.32 Å². The van der Waals surface area contributed by atoms with Gasteiger partial charge in [-0.2, -0.15) is 0 Å². The van der Waals surface area contributed by atoms with Crippen molar-refractivity contribution in [2.45, 2.75) is 45.1 Å². The highest BCUT2D eigenvalue weighted by Crippen LogP contribution is 2.41. The predicted octanol–water partition coefficient (Wildman–Crippen LogP) is 5.51. The number of hydrogen-bond acceptors (Lipinski definition) is 6. The number of aliphatic hydroxyl groups is 1. The Morgan fingerprint density at radius 1 is 0.974 bits per heavy atom. The van der Waals surface area contributed by atoms with Gasteiger partial charge in [-0.15, -0.1) is 0 Å². The molecule has 4 rings (SSSR count). The number of nitrogens with one attached hydrogen (secondary N) is 1. The van der Waals surface area contributed by atoms with Crippen LogP contribution in [0.1, 0.15) is 47.1 Å². The van der Waals surface area contributed by atoms with Crippen molar-refractivity contribution < 1.29 is 24.1 Å². The summed E-state index contributed by atoms with van der Waals surface area (Å²) in [5, 5.41) is 12.2. The van der Waals surface area contributed by atoms with E-state index in [1.165, 1.54) is 11.6 Å². The van der Waals surface area contributed by atoms with Crippen molar-refractivity contribution in [1.29, 1.82) is 0 Å². The summed E-state index contributed by atoms with van der Waals surface area (Å²) in [6.45, 7) is 7.81. The van der Waals surface area contributed by atoms with Gasteiger partial charge in [-0.05, 0) is 29.3 Å². The Kier molecular flexibility index (Phi) is 10.3. The van der Waals surface area contributed by atoms with Crippen LogP contribution in [0, 0.1) is 5.92 Å². The maximum atomic E-state index is 11.7. The molecule has 4 unspecified atom stereocenters. The van der Waals surface area contributed by atoms with Gasteiger partial charge in [0.25, 0.3) is 0 Å². The first-order valence-electron chi connectivity index (χ1n) is 13.3. The monoisotopic (exact) mass is 530 g/mol. The molecule has 1 aliphatic heterocycles. The third-order valence-electron chi connectivity index (χ3n) is 6.93. The number of hydrogen-bond donors (Lipinski definition) is 2. The fraction of sp³-hybridized carbons (Fsp3) is 0.344. The molecule has 1 aliphatic rings. The van der Waals surface area contributed by atoms with Crippen LogP contribution in [0.15, 0.2) is 91.5 Å². The third kappa shape index (κ3) is 8.00. The molecule has 0 radical (unpaired) electrons. The van der Waals surface area contributed by atoms with E-state index in [-0.39, 0.29) is 31.3 Å². The second-order valence-corrected chi connectivity index (χ2v) is 9.99. The number of amides is 1. The summed E-state index contributed by atoms with van der Waals surface area (Å²) >= 11 is 0. The van der Waals surface area contributed by atoms with Crippen molar-refractivity contribution >= 4 is 6.09 Å². The van der Waals surface area contributed by atoms with Gasteiger partial charge in [0.2, 0.25) is 0 Å². The van der Waals surface area contributed by atoms with Gasteiger partial charge in [0.15, 0.2) is 6.29 Å². The summed E-state index contributed by atoms with van der Waals surface area (Å²) in [7, 11) is 2.11. The van der Waals surface area contributed by atoms with Gasteiger partial charge >= 0.3 is 6.09 Å². The minimum Gasteiger partial charge on any atom is -0.445 e. The van der Waals surface area contributed by atoms with Crippen molar-refractivity contribution in [3.8, 4) is 0 Å². The molecule has 2 N–H and O–H groups in total. The first-order valence-corrected chi connectivity index (χ1v) is 13.3.